The summed E-state index contributed by atoms with van der Waals surface area (Å²) in [6.07, 6.45) is 3.89. The minimum atomic E-state index is -3.36. The molecule has 0 saturated heterocycles. The average molecular weight is 387 g/mol. The molecule has 2 aromatic carbocycles. The molecular formula is C21H22FNO3S. The van der Waals surface area contributed by atoms with Crippen LogP contribution in [0.1, 0.15) is 43.6 Å². The van der Waals surface area contributed by atoms with E-state index in [0.717, 1.165) is 12.8 Å². The van der Waals surface area contributed by atoms with Gasteiger partial charge in [0.1, 0.15) is 5.82 Å². The third-order valence-corrected chi connectivity index (χ3v) is 7.86. The highest BCUT2D eigenvalue weighted by Gasteiger charge is 2.45. The summed E-state index contributed by atoms with van der Waals surface area (Å²) in [7, 11) is -3.36. The SMILES string of the molecule is O=C(Nc1cccc(S(=O)(=O)C2CCCC2)c1)C1CC1c1ccccc1F. The number of rotatable bonds is 5. The van der Waals surface area contributed by atoms with E-state index in [9.17, 15) is 17.6 Å². The van der Waals surface area contributed by atoms with Crippen molar-refractivity contribution in [2.24, 2.45) is 5.92 Å². The number of sulfone groups is 1. The minimum Gasteiger partial charge on any atom is -0.326 e. The fourth-order valence-corrected chi connectivity index (χ4v) is 5.88. The Bertz CT molecular complexity index is 967. The van der Waals surface area contributed by atoms with Crippen LogP contribution in [0.4, 0.5) is 10.1 Å². The zero-order valence-electron chi connectivity index (χ0n) is 14.9. The molecule has 1 N–H and O–H groups in total. The number of hydrogen-bond acceptors (Lipinski definition) is 3. The molecular weight excluding hydrogens is 365 g/mol. The Hall–Kier alpha value is -2.21. The van der Waals surface area contributed by atoms with Crippen molar-refractivity contribution in [3.05, 3.63) is 59.9 Å². The maximum atomic E-state index is 13.9. The van der Waals surface area contributed by atoms with Crippen LogP contribution in [0, 0.1) is 11.7 Å². The van der Waals surface area contributed by atoms with Crippen molar-refractivity contribution in [3.8, 4) is 0 Å². The van der Waals surface area contributed by atoms with Crippen LogP contribution in [0.5, 0.6) is 0 Å². The normalized spacial score (nSPS) is 22.6. The van der Waals surface area contributed by atoms with Gasteiger partial charge in [-0.2, -0.15) is 0 Å². The van der Waals surface area contributed by atoms with Gasteiger partial charge in [-0.05, 0) is 55.0 Å². The summed E-state index contributed by atoms with van der Waals surface area (Å²) in [5, 5.41) is 2.48. The Morgan fingerprint density at radius 2 is 1.78 bits per heavy atom. The molecule has 4 rings (SSSR count). The Morgan fingerprint density at radius 1 is 1.04 bits per heavy atom. The van der Waals surface area contributed by atoms with Crippen molar-refractivity contribution in [1.82, 2.24) is 0 Å². The van der Waals surface area contributed by atoms with E-state index in [1.165, 1.54) is 12.1 Å². The van der Waals surface area contributed by atoms with Gasteiger partial charge >= 0.3 is 0 Å². The van der Waals surface area contributed by atoms with Crippen molar-refractivity contribution < 1.29 is 17.6 Å². The van der Waals surface area contributed by atoms with Crippen LogP contribution in [0.3, 0.4) is 0 Å². The van der Waals surface area contributed by atoms with E-state index in [1.54, 1.807) is 36.4 Å². The lowest BCUT2D eigenvalue weighted by Crippen LogP contribution is -2.19. The van der Waals surface area contributed by atoms with Gasteiger partial charge in [0, 0.05) is 11.6 Å². The number of nitrogens with one attached hydrogen (secondary N) is 1. The van der Waals surface area contributed by atoms with E-state index in [-0.39, 0.29) is 33.7 Å². The van der Waals surface area contributed by atoms with Crippen LogP contribution in [-0.2, 0) is 14.6 Å². The van der Waals surface area contributed by atoms with Gasteiger partial charge in [0.25, 0.3) is 0 Å². The highest BCUT2D eigenvalue weighted by Crippen LogP contribution is 2.48. The highest BCUT2D eigenvalue weighted by molar-refractivity contribution is 7.92. The molecule has 27 heavy (non-hydrogen) atoms. The molecule has 0 heterocycles. The Kier molecular flexibility index (Phi) is 4.76. The lowest BCUT2D eigenvalue weighted by molar-refractivity contribution is -0.117. The first-order chi connectivity index (χ1) is 13.0. The van der Waals surface area contributed by atoms with Crippen LogP contribution in [0.15, 0.2) is 53.4 Å². The van der Waals surface area contributed by atoms with E-state index in [1.807, 2.05) is 0 Å². The van der Waals surface area contributed by atoms with Crippen LogP contribution in [0.25, 0.3) is 0 Å². The maximum absolute atomic E-state index is 13.9. The smallest absolute Gasteiger partial charge is 0.228 e. The molecule has 1 amide bonds. The summed E-state index contributed by atoms with van der Waals surface area (Å²) in [5.74, 6) is -0.880. The number of anilines is 1. The lowest BCUT2D eigenvalue weighted by atomic mass is 10.1. The third kappa shape index (κ3) is 3.63. The van der Waals surface area contributed by atoms with Crippen LogP contribution in [0.2, 0.25) is 0 Å². The molecule has 0 bridgehead atoms. The average Bonchev–Trinajstić information content (AvgIpc) is 3.24. The topological polar surface area (TPSA) is 63.2 Å². The van der Waals surface area contributed by atoms with Gasteiger partial charge in [-0.25, -0.2) is 12.8 Å². The molecule has 2 saturated carbocycles. The van der Waals surface area contributed by atoms with Crippen molar-refractivity contribution in [3.63, 3.8) is 0 Å². The predicted octanol–water partition coefficient (Wildman–Crippen LogP) is 4.28. The van der Waals surface area contributed by atoms with Crippen LogP contribution < -0.4 is 5.32 Å². The highest BCUT2D eigenvalue weighted by atomic mass is 32.2. The Balaban J connectivity index is 1.46. The zero-order chi connectivity index (χ0) is 19.0. The number of halogens is 1. The standard InChI is InChI=1S/C21H22FNO3S/c22-20-11-4-3-10-17(20)18-13-19(18)21(24)23-14-6-5-9-16(12-14)27(25,26)15-7-1-2-8-15/h3-6,9-12,15,18-19H,1-2,7-8,13H2,(H,23,24). The summed E-state index contributed by atoms with van der Waals surface area (Å²) in [5.41, 5.74) is 1.04. The van der Waals surface area contributed by atoms with Crippen molar-refractivity contribution in [2.75, 3.05) is 5.32 Å². The maximum Gasteiger partial charge on any atom is 0.228 e. The van der Waals surface area contributed by atoms with Crippen LogP contribution in [-0.4, -0.2) is 19.6 Å². The molecule has 0 aromatic heterocycles. The van der Waals surface area contributed by atoms with Gasteiger partial charge in [-0.3, -0.25) is 4.79 Å². The van der Waals surface area contributed by atoms with E-state index < -0.39 is 9.84 Å². The summed E-state index contributed by atoms with van der Waals surface area (Å²) < 4.78 is 39.4. The lowest BCUT2D eigenvalue weighted by Gasteiger charge is -2.12. The summed E-state index contributed by atoms with van der Waals surface area (Å²) in [6, 6.07) is 13.0. The molecule has 2 unspecified atom stereocenters. The van der Waals surface area contributed by atoms with Gasteiger partial charge in [-0.1, -0.05) is 37.1 Å². The number of hydrogen-bond donors (Lipinski definition) is 1. The number of carbonyl (C=O) groups is 1. The molecule has 2 fully saturated rings. The van der Waals surface area contributed by atoms with Gasteiger partial charge in [-0.15, -0.1) is 0 Å². The van der Waals surface area contributed by atoms with E-state index in [4.69, 9.17) is 0 Å². The molecule has 2 aromatic rings. The molecule has 4 nitrogen and oxygen atoms in total. The molecule has 2 atom stereocenters. The Labute approximate surface area is 158 Å². The molecule has 142 valence electrons. The van der Waals surface area contributed by atoms with E-state index in [2.05, 4.69) is 5.32 Å². The van der Waals surface area contributed by atoms with Crippen molar-refractivity contribution in [1.29, 1.82) is 0 Å². The molecule has 2 aliphatic rings. The minimum absolute atomic E-state index is 0.114. The molecule has 0 aliphatic heterocycles. The molecule has 0 spiro atoms. The fourth-order valence-electron chi connectivity index (χ4n) is 3.98. The summed E-state index contributed by atoms with van der Waals surface area (Å²) in [4.78, 5) is 12.8. The van der Waals surface area contributed by atoms with E-state index in [0.29, 0.717) is 30.5 Å². The van der Waals surface area contributed by atoms with Gasteiger partial charge in [0.05, 0.1) is 10.1 Å². The number of amides is 1. The van der Waals surface area contributed by atoms with Gasteiger partial charge in [0.2, 0.25) is 5.91 Å². The second kappa shape index (κ2) is 7.08. The predicted molar refractivity (Wildman–Crippen MR) is 102 cm³/mol. The van der Waals surface area contributed by atoms with Gasteiger partial charge < -0.3 is 5.32 Å². The monoisotopic (exact) mass is 387 g/mol. The molecule has 6 heteroatoms. The molecule has 2 aliphatic carbocycles. The first-order valence-electron chi connectivity index (χ1n) is 9.36. The Morgan fingerprint density at radius 3 is 2.52 bits per heavy atom. The van der Waals surface area contributed by atoms with Crippen LogP contribution >= 0.6 is 0 Å². The zero-order valence-corrected chi connectivity index (χ0v) is 15.7. The first kappa shape index (κ1) is 18.2. The molecule has 0 radical (unpaired) electrons. The second-order valence-corrected chi connectivity index (χ2v) is 9.67. The second-order valence-electron chi connectivity index (χ2n) is 7.44. The summed E-state index contributed by atoms with van der Waals surface area (Å²) >= 11 is 0. The fraction of sp³-hybridized carbons (Fsp3) is 0.381. The largest absolute Gasteiger partial charge is 0.326 e. The third-order valence-electron chi connectivity index (χ3n) is 5.60. The summed E-state index contributed by atoms with van der Waals surface area (Å²) in [6.45, 7) is 0. The number of carbonyl (C=O) groups excluding carboxylic acids is 1. The van der Waals surface area contributed by atoms with E-state index >= 15 is 0 Å². The quantitative estimate of drug-likeness (QED) is 0.833. The van der Waals surface area contributed by atoms with Gasteiger partial charge in [0.15, 0.2) is 9.84 Å². The van der Waals surface area contributed by atoms with Crippen molar-refractivity contribution in [2.45, 2.75) is 48.2 Å². The first-order valence-corrected chi connectivity index (χ1v) is 10.9. The van der Waals surface area contributed by atoms with Crippen molar-refractivity contribution >= 4 is 21.4 Å². The number of benzene rings is 2.